The Morgan fingerprint density at radius 3 is 2.58 bits per heavy atom. The van der Waals surface area contributed by atoms with Crippen LogP contribution in [0.4, 0.5) is 4.39 Å². The molecule has 7 nitrogen and oxygen atoms in total. The fraction of sp³-hybridized carbons (Fsp3) is 0.0417. The summed E-state index contributed by atoms with van der Waals surface area (Å²) in [4.78, 5) is 25.5. The van der Waals surface area contributed by atoms with E-state index in [2.05, 4.69) is 15.8 Å². The molecule has 0 atom stereocenters. The number of fused-ring (bicyclic) bond motifs is 1. The quantitative estimate of drug-likeness (QED) is 0.325. The molecule has 1 aliphatic heterocycles. The normalized spacial score (nSPS) is 12.6. The van der Waals surface area contributed by atoms with Crippen LogP contribution in [0.15, 0.2) is 77.5 Å². The zero-order valence-electron chi connectivity index (χ0n) is 17.0. The number of carbonyl (C=O) groups excluding carboxylic acids is 2. The van der Waals surface area contributed by atoms with E-state index in [1.807, 2.05) is 0 Å². The molecule has 166 valence electrons. The Morgan fingerprint density at radius 2 is 1.79 bits per heavy atom. The molecule has 0 bridgehead atoms. The number of hydrazone groups is 1. The Bertz CT molecular complexity index is 1240. The van der Waals surface area contributed by atoms with Gasteiger partial charge in [0.25, 0.3) is 11.8 Å². The van der Waals surface area contributed by atoms with Crippen LogP contribution in [0, 0.1) is 5.82 Å². The van der Waals surface area contributed by atoms with Crippen LogP contribution in [-0.4, -0.2) is 24.8 Å². The maximum Gasteiger partial charge on any atom is 0.287 e. The van der Waals surface area contributed by atoms with Crippen LogP contribution >= 0.6 is 11.6 Å². The first-order chi connectivity index (χ1) is 16.0. The van der Waals surface area contributed by atoms with Crippen molar-refractivity contribution >= 4 is 35.7 Å². The largest absolute Gasteiger partial charge is 0.454 e. The van der Waals surface area contributed by atoms with Gasteiger partial charge in [0.1, 0.15) is 11.5 Å². The van der Waals surface area contributed by atoms with Crippen LogP contribution in [0.2, 0.25) is 5.02 Å². The molecule has 1 heterocycles. The van der Waals surface area contributed by atoms with E-state index in [4.69, 9.17) is 21.1 Å². The molecular weight excluding hydrogens is 449 g/mol. The number of nitrogens with one attached hydrogen (secondary N) is 2. The summed E-state index contributed by atoms with van der Waals surface area (Å²) in [6.45, 7) is 0.105. The molecule has 0 aromatic heterocycles. The van der Waals surface area contributed by atoms with Gasteiger partial charge in [0.2, 0.25) is 6.79 Å². The molecule has 33 heavy (non-hydrogen) atoms. The minimum absolute atomic E-state index is 0.0223. The van der Waals surface area contributed by atoms with Crippen molar-refractivity contribution in [3.8, 4) is 11.5 Å². The number of ether oxygens (including phenoxy) is 2. The average molecular weight is 466 g/mol. The smallest absolute Gasteiger partial charge is 0.287 e. The van der Waals surface area contributed by atoms with Crippen LogP contribution in [0.3, 0.4) is 0 Å². The summed E-state index contributed by atoms with van der Waals surface area (Å²) in [6.07, 6.45) is 2.55. The van der Waals surface area contributed by atoms with Crippen molar-refractivity contribution in [3.63, 3.8) is 0 Å². The van der Waals surface area contributed by atoms with Crippen molar-refractivity contribution in [1.29, 1.82) is 0 Å². The fourth-order valence-electron chi connectivity index (χ4n) is 2.96. The molecule has 9 heteroatoms. The van der Waals surface area contributed by atoms with E-state index in [1.165, 1.54) is 24.3 Å². The number of halogens is 2. The highest BCUT2D eigenvalue weighted by molar-refractivity contribution is 6.33. The van der Waals surface area contributed by atoms with Crippen molar-refractivity contribution in [1.82, 2.24) is 10.7 Å². The summed E-state index contributed by atoms with van der Waals surface area (Å²) in [5, 5.41) is 6.50. The van der Waals surface area contributed by atoms with Crippen LogP contribution in [-0.2, 0) is 4.79 Å². The van der Waals surface area contributed by atoms with Crippen molar-refractivity contribution in [2.45, 2.75) is 0 Å². The highest BCUT2D eigenvalue weighted by atomic mass is 35.5. The zero-order valence-corrected chi connectivity index (χ0v) is 17.8. The molecule has 3 aromatic carbocycles. The van der Waals surface area contributed by atoms with E-state index in [0.717, 1.165) is 6.21 Å². The minimum Gasteiger partial charge on any atom is -0.454 e. The lowest BCUT2D eigenvalue weighted by Crippen LogP contribution is -2.32. The SMILES string of the molecule is O=C(N/N=C\c1c(F)cccc1Cl)/C(=C\c1ccc2c(c1)OCO2)NC(=O)c1ccccc1. The number of hydrogen-bond donors (Lipinski definition) is 2. The van der Waals surface area contributed by atoms with Crippen molar-refractivity contribution in [3.05, 3.63) is 100.0 Å². The Hall–Kier alpha value is -4.17. The fourth-order valence-corrected chi connectivity index (χ4v) is 3.17. The molecule has 0 unspecified atom stereocenters. The average Bonchev–Trinajstić information content (AvgIpc) is 3.29. The molecule has 0 spiro atoms. The first-order valence-electron chi connectivity index (χ1n) is 9.76. The summed E-state index contributed by atoms with van der Waals surface area (Å²) in [7, 11) is 0. The highest BCUT2D eigenvalue weighted by Crippen LogP contribution is 2.33. The summed E-state index contributed by atoms with van der Waals surface area (Å²) < 4.78 is 24.6. The number of amides is 2. The van der Waals surface area contributed by atoms with Gasteiger partial charge in [-0.15, -0.1) is 0 Å². The first-order valence-corrected chi connectivity index (χ1v) is 10.1. The monoisotopic (exact) mass is 465 g/mol. The number of benzene rings is 3. The minimum atomic E-state index is -0.722. The Kier molecular flexibility index (Phi) is 6.66. The predicted molar refractivity (Wildman–Crippen MR) is 122 cm³/mol. The molecule has 0 aliphatic carbocycles. The molecule has 2 N–H and O–H groups in total. The second kappa shape index (κ2) is 9.97. The van der Waals surface area contributed by atoms with Crippen LogP contribution in [0.25, 0.3) is 6.08 Å². The molecule has 4 rings (SSSR count). The maximum atomic E-state index is 13.9. The number of nitrogens with zero attached hydrogens (tertiary/aromatic N) is 1. The second-order valence-electron chi connectivity index (χ2n) is 6.83. The topological polar surface area (TPSA) is 89.0 Å². The molecule has 3 aromatic rings. The molecule has 1 aliphatic rings. The maximum absolute atomic E-state index is 13.9. The van der Waals surface area contributed by atoms with E-state index in [9.17, 15) is 14.0 Å². The zero-order chi connectivity index (χ0) is 23.2. The lowest BCUT2D eigenvalue weighted by Gasteiger charge is -2.09. The number of carbonyl (C=O) groups is 2. The lowest BCUT2D eigenvalue weighted by atomic mass is 10.1. The van der Waals surface area contributed by atoms with Crippen molar-refractivity contribution in [2.75, 3.05) is 6.79 Å². The van der Waals surface area contributed by atoms with Gasteiger partial charge >= 0.3 is 0 Å². The summed E-state index contributed by atoms with van der Waals surface area (Å²) in [5.41, 5.74) is 3.17. The van der Waals surface area contributed by atoms with E-state index < -0.39 is 17.6 Å². The van der Waals surface area contributed by atoms with Crippen LogP contribution in [0.1, 0.15) is 21.5 Å². The highest BCUT2D eigenvalue weighted by Gasteiger charge is 2.17. The van der Waals surface area contributed by atoms with Gasteiger partial charge in [0, 0.05) is 11.1 Å². The second-order valence-corrected chi connectivity index (χ2v) is 7.23. The van der Waals surface area contributed by atoms with Crippen molar-refractivity contribution in [2.24, 2.45) is 5.10 Å². The Balaban J connectivity index is 1.58. The third-order valence-electron chi connectivity index (χ3n) is 4.60. The summed E-state index contributed by atoms with van der Waals surface area (Å²) in [6, 6.07) is 17.7. The van der Waals surface area contributed by atoms with E-state index in [-0.39, 0.29) is 23.1 Å². The molecule has 0 fully saturated rings. The van der Waals surface area contributed by atoms with Gasteiger partial charge in [-0.2, -0.15) is 5.10 Å². The third-order valence-corrected chi connectivity index (χ3v) is 4.93. The van der Waals surface area contributed by atoms with Crippen LogP contribution in [0.5, 0.6) is 11.5 Å². The van der Waals surface area contributed by atoms with Gasteiger partial charge in [-0.05, 0) is 48.0 Å². The standard InChI is InChI=1S/C24H17ClFN3O4/c25-18-7-4-8-19(26)17(18)13-27-29-24(31)20(28-23(30)16-5-2-1-3-6-16)11-15-9-10-21-22(12-15)33-14-32-21/h1-13H,14H2,(H,28,30)(H,29,31)/b20-11+,27-13-. The van der Waals surface area contributed by atoms with Gasteiger partial charge < -0.3 is 14.8 Å². The van der Waals surface area contributed by atoms with Gasteiger partial charge in [-0.3, -0.25) is 9.59 Å². The van der Waals surface area contributed by atoms with Gasteiger partial charge in [0.15, 0.2) is 11.5 Å². The number of hydrogen-bond acceptors (Lipinski definition) is 5. The van der Waals surface area contributed by atoms with Gasteiger partial charge in [-0.25, -0.2) is 9.82 Å². The Morgan fingerprint density at radius 1 is 1.00 bits per heavy atom. The molecular formula is C24H17ClFN3O4. The first kappa shape index (κ1) is 22.0. The van der Waals surface area contributed by atoms with Gasteiger partial charge in [0.05, 0.1) is 11.2 Å². The number of rotatable bonds is 6. The summed E-state index contributed by atoms with van der Waals surface area (Å²) in [5.74, 6) is -0.698. The van der Waals surface area contributed by atoms with E-state index in [0.29, 0.717) is 22.6 Å². The molecule has 0 saturated carbocycles. The predicted octanol–water partition coefficient (Wildman–Crippen LogP) is 4.13. The van der Waals surface area contributed by atoms with Gasteiger partial charge in [-0.1, -0.05) is 41.9 Å². The third kappa shape index (κ3) is 5.36. The van der Waals surface area contributed by atoms with E-state index >= 15 is 0 Å². The van der Waals surface area contributed by atoms with Crippen molar-refractivity contribution < 1.29 is 23.5 Å². The molecule has 2 amide bonds. The Labute approximate surface area is 193 Å². The molecule has 0 saturated heterocycles. The van der Waals surface area contributed by atoms with E-state index in [1.54, 1.807) is 48.5 Å². The molecule has 0 radical (unpaired) electrons. The van der Waals surface area contributed by atoms with Crippen LogP contribution < -0.4 is 20.2 Å². The summed E-state index contributed by atoms with van der Waals surface area (Å²) >= 11 is 5.96. The lowest BCUT2D eigenvalue weighted by molar-refractivity contribution is -0.117.